The van der Waals surface area contributed by atoms with Crippen molar-refractivity contribution >= 4 is 5.97 Å². The van der Waals surface area contributed by atoms with E-state index in [0.717, 1.165) is 19.3 Å². The largest absolute Gasteiger partial charge is 0.446 e. The van der Waals surface area contributed by atoms with Crippen molar-refractivity contribution in [1.82, 2.24) is 0 Å². The fraction of sp³-hybridized carbons (Fsp3) is 0.750. The molecule has 0 N–H and O–H groups in total. The molecular weight excluding hydrogens is 176 g/mol. The molecule has 0 bridgehead atoms. The maximum absolute atomic E-state index is 10.8. The molecule has 2 heteroatoms. The molecule has 0 aliphatic carbocycles. The Morgan fingerprint density at radius 1 is 1.43 bits per heavy atom. The third-order valence-corrected chi connectivity index (χ3v) is 2.18. The Kier molecular flexibility index (Phi) is 6.03. The Labute approximate surface area is 87.0 Å². The molecule has 0 rings (SSSR count). The molecule has 0 saturated carbocycles. The summed E-state index contributed by atoms with van der Waals surface area (Å²) >= 11 is 0. The van der Waals surface area contributed by atoms with Gasteiger partial charge in [0.2, 0.25) is 0 Å². The molecule has 0 aliphatic rings. The highest BCUT2D eigenvalue weighted by molar-refractivity contribution is 5.67. The van der Waals surface area contributed by atoms with Gasteiger partial charge in [0.15, 0.2) is 5.60 Å². The molecular formula is C12H20O2. The standard InChI is InChI=1S/C12H20O2/c1-5-7-8-9-10-12(4,6-2)14-11(3)13/h2H,5,7-10H2,1,3-4H3. The van der Waals surface area contributed by atoms with E-state index in [0.29, 0.717) is 0 Å². The summed E-state index contributed by atoms with van der Waals surface area (Å²) in [5, 5.41) is 0. The lowest BCUT2D eigenvalue weighted by Crippen LogP contribution is -2.28. The number of hydrogen-bond acceptors (Lipinski definition) is 2. The molecule has 0 aromatic rings. The number of hydrogen-bond donors (Lipinski definition) is 0. The smallest absolute Gasteiger partial charge is 0.304 e. The molecule has 80 valence electrons. The Hall–Kier alpha value is -0.970. The van der Waals surface area contributed by atoms with Crippen LogP contribution < -0.4 is 0 Å². The first-order valence-corrected chi connectivity index (χ1v) is 5.21. The summed E-state index contributed by atoms with van der Waals surface area (Å²) < 4.78 is 5.09. The summed E-state index contributed by atoms with van der Waals surface area (Å²) in [5.74, 6) is 2.24. The van der Waals surface area contributed by atoms with E-state index in [4.69, 9.17) is 11.2 Å². The molecule has 0 amide bonds. The number of rotatable bonds is 6. The van der Waals surface area contributed by atoms with Crippen LogP contribution in [0.1, 0.15) is 52.9 Å². The minimum absolute atomic E-state index is 0.305. The van der Waals surface area contributed by atoms with E-state index in [2.05, 4.69) is 12.8 Å². The predicted octanol–water partition coefficient (Wildman–Crippen LogP) is 2.91. The molecule has 0 aromatic carbocycles. The molecule has 1 atom stereocenters. The fourth-order valence-electron chi connectivity index (χ4n) is 1.36. The van der Waals surface area contributed by atoms with Gasteiger partial charge in [-0.25, -0.2) is 0 Å². The van der Waals surface area contributed by atoms with E-state index >= 15 is 0 Å². The van der Waals surface area contributed by atoms with Gasteiger partial charge in [0.05, 0.1) is 0 Å². The Morgan fingerprint density at radius 2 is 2.07 bits per heavy atom. The van der Waals surface area contributed by atoms with Gasteiger partial charge in [-0.15, -0.1) is 6.42 Å². The number of unbranched alkanes of at least 4 members (excludes halogenated alkanes) is 3. The van der Waals surface area contributed by atoms with E-state index in [1.807, 2.05) is 0 Å². The molecule has 14 heavy (non-hydrogen) atoms. The van der Waals surface area contributed by atoms with Crippen LogP contribution in [0.4, 0.5) is 0 Å². The lowest BCUT2D eigenvalue weighted by molar-refractivity contribution is -0.150. The normalized spacial score (nSPS) is 14.1. The van der Waals surface area contributed by atoms with Gasteiger partial charge in [0.1, 0.15) is 0 Å². The number of carbonyl (C=O) groups is 1. The summed E-state index contributed by atoms with van der Waals surface area (Å²) in [4.78, 5) is 10.8. The third-order valence-electron chi connectivity index (χ3n) is 2.18. The quantitative estimate of drug-likeness (QED) is 0.371. The van der Waals surface area contributed by atoms with Crippen LogP contribution in [0.15, 0.2) is 0 Å². The maximum atomic E-state index is 10.8. The topological polar surface area (TPSA) is 26.3 Å². The van der Waals surface area contributed by atoms with Crippen molar-refractivity contribution in [1.29, 1.82) is 0 Å². The van der Waals surface area contributed by atoms with E-state index < -0.39 is 5.60 Å². The molecule has 1 unspecified atom stereocenters. The number of carbonyl (C=O) groups excluding carboxylic acids is 1. The summed E-state index contributed by atoms with van der Waals surface area (Å²) in [6.45, 7) is 5.34. The van der Waals surface area contributed by atoms with Gasteiger partial charge >= 0.3 is 5.97 Å². The van der Waals surface area contributed by atoms with Gasteiger partial charge < -0.3 is 4.74 Å². The van der Waals surface area contributed by atoms with Gasteiger partial charge in [0.25, 0.3) is 0 Å². The van der Waals surface area contributed by atoms with Crippen molar-refractivity contribution in [3.63, 3.8) is 0 Å². The monoisotopic (exact) mass is 196 g/mol. The van der Waals surface area contributed by atoms with Crippen molar-refractivity contribution in [2.75, 3.05) is 0 Å². The van der Waals surface area contributed by atoms with Crippen LogP contribution in [0.2, 0.25) is 0 Å². The lowest BCUT2D eigenvalue weighted by Gasteiger charge is -2.23. The van der Waals surface area contributed by atoms with Gasteiger partial charge in [-0.1, -0.05) is 32.1 Å². The fourth-order valence-corrected chi connectivity index (χ4v) is 1.36. The Bertz CT molecular complexity index is 215. The van der Waals surface area contributed by atoms with Gasteiger partial charge in [-0.05, 0) is 19.8 Å². The minimum Gasteiger partial charge on any atom is -0.446 e. The minimum atomic E-state index is -0.709. The van der Waals surface area contributed by atoms with Gasteiger partial charge in [-0.3, -0.25) is 4.79 Å². The maximum Gasteiger partial charge on any atom is 0.304 e. The van der Waals surface area contributed by atoms with Crippen LogP contribution in [0.5, 0.6) is 0 Å². The zero-order valence-corrected chi connectivity index (χ0v) is 9.43. The summed E-state index contributed by atoms with van der Waals surface area (Å²) in [7, 11) is 0. The van der Waals surface area contributed by atoms with Crippen LogP contribution in [0.25, 0.3) is 0 Å². The first-order valence-electron chi connectivity index (χ1n) is 5.21. The van der Waals surface area contributed by atoms with Crippen LogP contribution >= 0.6 is 0 Å². The highest BCUT2D eigenvalue weighted by atomic mass is 16.6. The SMILES string of the molecule is C#CC(C)(CCCCCC)OC(C)=O. The van der Waals surface area contributed by atoms with Crippen LogP contribution in [-0.2, 0) is 9.53 Å². The number of esters is 1. The average molecular weight is 196 g/mol. The third kappa shape index (κ3) is 5.64. The lowest BCUT2D eigenvalue weighted by atomic mass is 9.98. The second-order valence-electron chi connectivity index (χ2n) is 3.78. The van der Waals surface area contributed by atoms with E-state index in [1.165, 1.54) is 19.8 Å². The molecule has 0 saturated heterocycles. The van der Waals surface area contributed by atoms with Crippen molar-refractivity contribution < 1.29 is 9.53 Å². The highest BCUT2D eigenvalue weighted by Gasteiger charge is 2.23. The van der Waals surface area contributed by atoms with Gasteiger partial charge in [-0.2, -0.15) is 0 Å². The van der Waals surface area contributed by atoms with E-state index in [9.17, 15) is 4.79 Å². The molecule has 2 nitrogen and oxygen atoms in total. The van der Waals surface area contributed by atoms with Crippen LogP contribution in [0, 0.1) is 12.3 Å². The number of ether oxygens (including phenoxy) is 1. The first kappa shape index (κ1) is 13.0. The first-order chi connectivity index (χ1) is 6.54. The summed E-state index contributed by atoms with van der Waals surface area (Å²) in [5.41, 5.74) is -0.709. The molecule has 0 aromatic heterocycles. The molecule has 0 aliphatic heterocycles. The zero-order chi connectivity index (χ0) is 11.0. The van der Waals surface area contributed by atoms with Gasteiger partial charge in [0, 0.05) is 6.92 Å². The Morgan fingerprint density at radius 3 is 2.50 bits per heavy atom. The summed E-state index contributed by atoms with van der Waals surface area (Å²) in [6, 6.07) is 0. The van der Waals surface area contributed by atoms with Crippen LogP contribution in [0.3, 0.4) is 0 Å². The number of terminal acetylenes is 1. The average Bonchev–Trinajstić information content (AvgIpc) is 2.11. The molecule has 0 heterocycles. The highest BCUT2D eigenvalue weighted by Crippen LogP contribution is 2.19. The second-order valence-corrected chi connectivity index (χ2v) is 3.78. The van der Waals surface area contributed by atoms with Crippen molar-refractivity contribution in [3.8, 4) is 12.3 Å². The molecule has 0 spiro atoms. The van der Waals surface area contributed by atoms with E-state index in [1.54, 1.807) is 6.92 Å². The van der Waals surface area contributed by atoms with Crippen LogP contribution in [-0.4, -0.2) is 11.6 Å². The second kappa shape index (κ2) is 6.48. The summed E-state index contributed by atoms with van der Waals surface area (Å²) in [6.07, 6.45) is 10.7. The molecule has 0 radical (unpaired) electrons. The zero-order valence-electron chi connectivity index (χ0n) is 9.43. The van der Waals surface area contributed by atoms with Crippen molar-refractivity contribution in [3.05, 3.63) is 0 Å². The van der Waals surface area contributed by atoms with E-state index in [-0.39, 0.29) is 5.97 Å². The molecule has 0 fully saturated rings. The Balaban J connectivity index is 3.89. The predicted molar refractivity (Wildman–Crippen MR) is 57.8 cm³/mol. The van der Waals surface area contributed by atoms with Crippen molar-refractivity contribution in [2.24, 2.45) is 0 Å². The van der Waals surface area contributed by atoms with Crippen molar-refractivity contribution in [2.45, 2.75) is 58.5 Å².